The molecule has 0 saturated heterocycles. The van der Waals surface area contributed by atoms with E-state index in [9.17, 15) is 19.5 Å². The second kappa shape index (κ2) is 8.47. The van der Waals surface area contributed by atoms with Gasteiger partial charge in [-0.3, -0.25) is 13.9 Å². The van der Waals surface area contributed by atoms with Crippen molar-refractivity contribution in [2.75, 3.05) is 14.2 Å². The number of benzene rings is 2. The molecule has 29 heavy (non-hydrogen) atoms. The molecule has 1 aromatic heterocycles. The number of aromatic carboxylic acids is 1. The van der Waals surface area contributed by atoms with E-state index in [1.807, 2.05) is 0 Å². The van der Waals surface area contributed by atoms with Crippen LogP contribution in [0.25, 0.3) is 0 Å². The first kappa shape index (κ1) is 19.9. The number of aromatic nitrogens is 2. The summed E-state index contributed by atoms with van der Waals surface area (Å²) in [6.07, 6.45) is 0. The van der Waals surface area contributed by atoms with Crippen molar-refractivity contribution in [3.05, 3.63) is 92.3 Å². The fourth-order valence-electron chi connectivity index (χ4n) is 2.92. The Hall–Kier alpha value is -3.81. The van der Waals surface area contributed by atoms with Gasteiger partial charge in [0.2, 0.25) is 0 Å². The summed E-state index contributed by atoms with van der Waals surface area (Å²) in [5.74, 6) is -0.0485. The summed E-state index contributed by atoms with van der Waals surface area (Å²) in [5, 5.41) is 9.47. The number of ether oxygens (including phenoxy) is 2. The number of rotatable bonds is 7. The highest BCUT2D eigenvalue weighted by Crippen LogP contribution is 2.13. The molecule has 0 atom stereocenters. The zero-order valence-corrected chi connectivity index (χ0v) is 16.0. The monoisotopic (exact) mass is 396 g/mol. The number of methoxy groups -OCH3 is 2. The molecule has 0 unspecified atom stereocenters. The predicted octanol–water partition coefficient (Wildman–Crippen LogP) is 1.82. The van der Waals surface area contributed by atoms with Crippen molar-refractivity contribution in [3.63, 3.8) is 0 Å². The maximum atomic E-state index is 13.0. The first-order valence-electron chi connectivity index (χ1n) is 8.76. The smallest absolute Gasteiger partial charge is 0.352 e. The normalized spacial score (nSPS) is 10.6. The SMILES string of the molecule is COc1ccc(Cn2c(C(=O)O)cc(=O)n(Cc3ccc(OC)cc3)c2=O)cc1. The van der Waals surface area contributed by atoms with Crippen molar-refractivity contribution in [2.45, 2.75) is 13.1 Å². The van der Waals surface area contributed by atoms with Crippen molar-refractivity contribution >= 4 is 5.97 Å². The molecule has 0 bridgehead atoms. The number of nitrogens with zero attached hydrogens (tertiary/aromatic N) is 2. The summed E-state index contributed by atoms with van der Waals surface area (Å²) in [7, 11) is 3.08. The lowest BCUT2D eigenvalue weighted by atomic mass is 10.2. The Morgan fingerprint density at radius 3 is 1.69 bits per heavy atom. The first-order chi connectivity index (χ1) is 13.9. The molecule has 8 nitrogen and oxygen atoms in total. The van der Waals surface area contributed by atoms with E-state index in [0.717, 1.165) is 15.2 Å². The van der Waals surface area contributed by atoms with Crippen molar-refractivity contribution in [1.29, 1.82) is 0 Å². The van der Waals surface area contributed by atoms with Crippen LogP contribution in [0.1, 0.15) is 21.6 Å². The Balaban J connectivity index is 2.03. The molecule has 0 aliphatic rings. The van der Waals surface area contributed by atoms with Gasteiger partial charge in [0.05, 0.1) is 27.3 Å². The fourth-order valence-corrected chi connectivity index (χ4v) is 2.92. The molecule has 0 aliphatic heterocycles. The van der Waals surface area contributed by atoms with Gasteiger partial charge in [0, 0.05) is 6.07 Å². The van der Waals surface area contributed by atoms with Gasteiger partial charge >= 0.3 is 11.7 Å². The molecular weight excluding hydrogens is 376 g/mol. The Kier molecular flexibility index (Phi) is 5.82. The summed E-state index contributed by atoms with van der Waals surface area (Å²) >= 11 is 0. The van der Waals surface area contributed by atoms with Crippen molar-refractivity contribution in [1.82, 2.24) is 9.13 Å². The quantitative estimate of drug-likeness (QED) is 0.654. The van der Waals surface area contributed by atoms with Gasteiger partial charge in [-0.05, 0) is 35.4 Å². The Morgan fingerprint density at radius 1 is 0.828 bits per heavy atom. The van der Waals surface area contributed by atoms with Crippen LogP contribution >= 0.6 is 0 Å². The Morgan fingerprint density at radius 2 is 1.28 bits per heavy atom. The number of carboxylic acid groups (broad SMARTS) is 1. The molecule has 0 saturated carbocycles. The van der Waals surface area contributed by atoms with Crippen LogP contribution in [0.3, 0.4) is 0 Å². The van der Waals surface area contributed by atoms with Gasteiger partial charge in [-0.2, -0.15) is 0 Å². The highest BCUT2D eigenvalue weighted by atomic mass is 16.5. The Labute approximate surface area is 166 Å². The summed E-state index contributed by atoms with van der Waals surface area (Å²) in [4.78, 5) is 37.0. The van der Waals surface area contributed by atoms with Gasteiger partial charge in [0.25, 0.3) is 5.56 Å². The van der Waals surface area contributed by atoms with Gasteiger partial charge in [-0.25, -0.2) is 9.59 Å². The van der Waals surface area contributed by atoms with E-state index in [1.54, 1.807) is 55.6 Å². The molecule has 150 valence electrons. The maximum Gasteiger partial charge on any atom is 0.352 e. The van der Waals surface area contributed by atoms with Crippen LogP contribution in [0, 0.1) is 0 Å². The van der Waals surface area contributed by atoms with Gasteiger partial charge in [0.1, 0.15) is 17.2 Å². The van der Waals surface area contributed by atoms with Crippen LogP contribution in [-0.4, -0.2) is 34.4 Å². The molecule has 1 N–H and O–H groups in total. The van der Waals surface area contributed by atoms with E-state index in [-0.39, 0.29) is 18.8 Å². The zero-order chi connectivity index (χ0) is 21.0. The topological polar surface area (TPSA) is 99.8 Å². The molecule has 0 spiro atoms. The summed E-state index contributed by atoms with van der Waals surface area (Å²) in [6.45, 7) is 0.0253. The molecule has 0 radical (unpaired) electrons. The fraction of sp³-hybridized carbons (Fsp3) is 0.190. The zero-order valence-electron chi connectivity index (χ0n) is 16.0. The van der Waals surface area contributed by atoms with Crippen LogP contribution in [-0.2, 0) is 13.1 Å². The van der Waals surface area contributed by atoms with Crippen LogP contribution in [0.2, 0.25) is 0 Å². The van der Waals surface area contributed by atoms with Crippen LogP contribution in [0.5, 0.6) is 11.5 Å². The highest BCUT2D eigenvalue weighted by Gasteiger charge is 2.17. The van der Waals surface area contributed by atoms with Gasteiger partial charge in [-0.1, -0.05) is 24.3 Å². The lowest BCUT2D eigenvalue weighted by Crippen LogP contribution is -2.42. The average Bonchev–Trinajstić information content (AvgIpc) is 2.73. The largest absolute Gasteiger partial charge is 0.497 e. The molecular formula is C21H20N2O6. The maximum absolute atomic E-state index is 13.0. The average molecular weight is 396 g/mol. The summed E-state index contributed by atoms with van der Waals surface area (Å²) in [5.41, 5.74) is -0.313. The van der Waals surface area contributed by atoms with Crippen LogP contribution in [0.4, 0.5) is 0 Å². The second-order valence-electron chi connectivity index (χ2n) is 6.32. The highest BCUT2D eigenvalue weighted by molar-refractivity contribution is 5.85. The standard InChI is InChI=1S/C21H20N2O6/c1-28-16-7-3-14(4-8-16)12-22-18(20(25)26)11-19(24)23(21(22)27)13-15-5-9-17(29-2)10-6-15/h3-11H,12-13H2,1-2H3,(H,25,26). The lowest BCUT2D eigenvalue weighted by Gasteiger charge is -2.14. The van der Waals surface area contributed by atoms with Crippen molar-refractivity contribution in [3.8, 4) is 11.5 Å². The van der Waals surface area contributed by atoms with Crippen LogP contribution < -0.4 is 20.7 Å². The molecule has 8 heteroatoms. The third-order valence-corrected chi connectivity index (χ3v) is 4.50. The molecule has 2 aromatic carbocycles. The van der Waals surface area contributed by atoms with Gasteiger partial charge in [0.15, 0.2) is 0 Å². The predicted molar refractivity (Wildman–Crippen MR) is 106 cm³/mol. The minimum atomic E-state index is -1.34. The molecule has 0 aliphatic carbocycles. The van der Waals surface area contributed by atoms with E-state index < -0.39 is 17.2 Å². The van der Waals surface area contributed by atoms with Gasteiger partial charge < -0.3 is 14.6 Å². The molecule has 0 fully saturated rings. The van der Waals surface area contributed by atoms with Gasteiger partial charge in [-0.15, -0.1) is 0 Å². The van der Waals surface area contributed by atoms with Crippen molar-refractivity contribution < 1.29 is 19.4 Å². The van der Waals surface area contributed by atoms with Crippen molar-refractivity contribution in [2.24, 2.45) is 0 Å². The van der Waals surface area contributed by atoms with E-state index in [0.29, 0.717) is 22.6 Å². The second-order valence-corrected chi connectivity index (χ2v) is 6.32. The molecule has 3 aromatic rings. The van der Waals surface area contributed by atoms with Crippen LogP contribution in [0.15, 0.2) is 64.2 Å². The number of carboxylic acids is 1. The minimum Gasteiger partial charge on any atom is -0.497 e. The lowest BCUT2D eigenvalue weighted by molar-refractivity contribution is 0.0682. The third kappa shape index (κ3) is 4.37. The third-order valence-electron chi connectivity index (χ3n) is 4.50. The summed E-state index contributed by atoms with van der Waals surface area (Å²) in [6, 6.07) is 14.8. The number of hydrogen-bond acceptors (Lipinski definition) is 5. The molecule has 0 amide bonds. The van der Waals surface area contributed by atoms with E-state index in [1.165, 1.54) is 7.11 Å². The minimum absolute atomic E-state index is 0.00730. The van der Waals surface area contributed by atoms with E-state index in [4.69, 9.17) is 9.47 Å². The Bertz CT molecular complexity index is 1130. The molecule has 3 rings (SSSR count). The molecule has 1 heterocycles. The number of hydrogen-bond donors (Lipinski definition) is 1. The first-order valence-corrected chi connectivity index (χ1v) is 8.76. The summed E-state index contributed by atoms with van der Waals surface area (Å²) < 4.78 is 12.3. The number of carbonyl (C=O) groups is 1. The van der Waals surface area contributed by atoms with E-state index >= 15 is 0 Å². The van der Waals surface area contributed by atoms with E-state index in [2.05, 4.69) is 0 Å².